The number of urea groups is 1. The second-order valence-corrected chi connectivity index (χ2v) is 5.33. The number of aliphatic hydroxyl groups is 1. The van der Waals surface area contributed by atoms with E-state index >= 15 is 0 Å². The van der Waals surface area contributed by atoms with Gasteiger partial charge in [-0.3, -0.25) is 0 Å². The van der Waals surface area contributed by atoms with E-state index in [0.717, 1.165) is 25.9 Å². The van der Waals surface area contributed by atoms with Crippen molar-refractivity contribution in [1.29, 1.82) is 0 Å². The fourth-order valence-corrected chi connectivity index (χ4v) is 2.18. The van der Waals surface area contributed by atoms with Gasteiger partial charge >= 0.3 is 6.03 Å². The number of carbonyl (C=O) groups is 1. The number of carbonyl (C=O) groups excluding carboxylic acids is 1. The third-order valence-electron chi connectivity index (χ3n) is 3.74. The van der Waals surface area contributed by atoms with Gasteiger partial charge in [0, 0.05) is 18.8 Å². The molecule has 3 N–H and O–H groups in total. The average Bonchev–Trinajstić information content (AvgIpc) is 2.82. The van der Waals surface area contributed by atoms with E-state index in [2.05, 4.69) is 10.6 Å². The number of rotatable bonds is 6. The second kappa shape index (κ2) is 6.95. The lowest BCUT2D eigenvalue weighted by molar-refractivity contribution is 0.0852. The van der Waals surface area contributed by atoms with Crippen LogP contribution < -0.4 is 10.6 Å². The van der Waals surface area contributed by atoms with E-state index in [1.54, 1.807) is 0 Å². The monoisotopic (exact) mass is 258 g/mol. The standard InChI is InChI=1S/C13H26N2O3/c1-4-13(3,7-8-16)15-12(17)14-10(2)11-6-5-9-18-11/h10-11,16H,4-9H2,1-3H3,(H2,14,15,17). The number of amides is 2. The highest BCUT2D eigenvalue weighted by molar-refractivity contribution is 5.75. The lowest BCUT2D eigenvalue weighted by atomic mass is 9.95. The zero-order valence-electron chi connectivity index (χ0n) is 11.7. The number of ether oxygens (including phenoxy) is 1. The molecule has 3 unspecified atom stereocenters. The van der Waals surface area contributed by atoms with Crippen LogP contribution in [0.1, 0.15) is 46.5 Å². The van der Waals surface area contributed by atoms with E-state index in [9.17, 15) is 4.79 Å². The van der Waals surface area contributed by atoms with Crippen molar-refractivity contribution in [2.45, 2.75) is 64.1 Å². The lowest BCUT2D eigenvalue weighted by Crippen LogP contribution is -2.54. The predicted molar refractivity (Wildman–Crippen MR) is 70.5 cm³/mol. The highest BCUT2D eigenvalue weighted by Crippen LogP contribution is 2.16. The molecule has 0 saturated carbocycles. The van der Waals surface area contributed by atoms with Crippen LogP contribution in [0.25, 0.3) is 0 Å². The molecule has 0 aromatic rings. The van der Waals surface area contributed by atoms with Crippen LogP contribution in [0.3, 0.4) is 0 Å². The van der Waals surface area contributed by atoms with Crippen molar-refractivity contribution in [3.05, 3.63) is 0 Å². The molecule has 1 rings (SSSR count). The van der Waals surface area contributed by atoms with Crippen LogP contribution >= 0.6 is 0 Å². The third-order valence-corrected chi connectivity index (χ3v) is 3.74. The summed E-state index contributed by atoms with van der Waals surface area (Å²) in [7, 11) is 0. The molecular weight excluding hydrogens is 232 g/mol. The zero-order chi connectivity index (χ0) is 13.6. The molecule has 0 aromatic carbocycles. The highest BCUT2D eigenvalue weighted by atomic mass is 16.5. The summed E-state index contributed by atoms with van der Waals surface area (Å²) in [4.78, 5) is 11.9. The van der Waals surface area contributed by atoms with Gasteiger partial charge < -0.3 is 20.5 Å². The van der Waals surface area contributed by atoms with Crippen LogP contribution in [0.4, 0.5) is 4.79 Å². The van der Waals surface area contributed by atoms with Crippen LogP contribution in [0, 0.1) is 0 Å². The van der Waals surface area contributed by atoms with Gasteiger partial charge in [0.15, 0.2) is 0 Å². The summed E-state index contributed by atoms with van der Waals surface area (Å²) < 4.78 is 5.54. The molecule has 0 bridgehead atoms. The van der Waals surface area contributed by atoms with Crippen LogP contribution in [-0.4, -0.2) is 42.0 Å². The molecule has 106 valence electrons. The summed E-state index contributed by atoms with van der Waals surface area (Å²) in [5.41, 5.74) is -0.352. The topological polar surface area (TPSA) is 70.6 Å². The van der Waals surface area contributed by atoms with Gasteiger partial charge in [0.25, 0.3) is 0 Å². The number of hydrogen-bond acceptors (Lipinski definition) is 3. The van der Waals surface area contributed by atoms with Gasteiger partial charge in [-0.15, -0.1) is 0 Å². The van der Waals surface area contributed by atoms with E-state index in [4.69, 9.17) is 9.84 Å². The molecule has 1 heterocycles. The van der Waals surface area contributed by atoms with Crippen LogP contribution in [0.15, 0.2) is 0 Å². The molecule has 0 spiro atoms. The van der Waals surface area contributed by atoms with Crippen molar-refractivity contribution >= 4 is 6.03 Å². The molecule has 3 atom stereocenters. The first kappa shape index (κ1) is 15.2. The van der Waals surface area contributed by atoms with Gasteiger partial charge in [-0.05, 0) is 39.5 Å². The smallest absolute Gasteiger partial charge is 0.315 e. The summed E-state index contributed by atoms with van der Waals surface area (Å²) in [6.45, 7) is 6.77. The maximum atomic E-state index is 11.9. The minimum atomic E-state index is -0.352. The first-order chi connectivity index (χ1) is 8.50. The molecule has 0 radical (unpaired) electrons. The SMILES string of the molecule is CCC(C)(CCO)NC(=O)NC(C)C1CCCO1. The Hall–Kier alpha value is -0.810. The van der Waals surface area contributed by atoms with Crippen molar-refractivity contribution < 1.29 is 14.6 Å². The van der Waals surface area contributed by atoms with Gasteiger partial charge in [0.05, 0.1) is 12.1 Å². The maximum absolute atomic E-state index is 11.9. The van der Waals surface area contributed by atoms with Gasteiger partial charge in [0.2, 0.25) is 0 Å². The summed E-state index contributed by atoms with van der Waals surface area (Å²) >= 11 is 0. The van der Waals surface area contributed by atoms with Crippen LogP contribution in [0.5, 0.6) is 0 Å². The Labute approximate surface area is 109 Å². The predicted octanol–water partition coefficient (Wildman–Crippen LogP) is 1.40. The summed E-state index contributed by atoms with van der Waals surface area (Å²) in [6.07, 6.45) is 3.54. The third kappa shape index (κ3) is 4.46. The van der Waals surface area contributed by atoms with Crippen LogP contribution in [-0.2, 0) is 4.74 Å². The molecule has 1 saturated heterocycles. The Bertz CT molecular complexity index is 267. The van der Waals surface area contributed by atoms with Gasteiger partial charge in [0.1, 0.15) is 0 Å². The first-order valence-electron chi connectivity index (χ1n) is 6.82. The summed E-state index contributed by atoms with van der Waals surface area (Å²) in [5, 5.41) is 14.9. The molecule has 5 nitrogen and oxygen atoms in total. The fourth-order valence-electron chi connectivity index (χ4n) is 2.18. The van der Waals surface area contributed by atoms with Crippen molar-refractivity contribution in [1.82, 2.24) is 10.6 Å². The molecule has 0 aliphatic carbocycles. The molecule has 5 heteroatoms. The maximum Gasteiger partial charge on any atom is 0.315 e. The quantitative estimate of drug-likeness (QED) is 0.674. The Morgan fingerprint density at radius 2 is 2.33 bits per heavy atom. The lowest BCUT2D eigenvalue weighted by Gasteiger charge is -2.30. The largest absolute Gasteiger partial charge is 0.396 e. The van der Waals surface area contributed by atoms with Crippen LogP contribution in [0.2, 0.25) is 0 Å². The average molecular weight is 258 g/mol. The number of aliphatic hydroxyl groups excluding tert-OH is 1. The summed E-state index contributed by atoms with van der Waals surface area (Å²) in [6, 6.07) is -0.168. The molecule has 0 aromatic heterocycles. The van der Waals surface area contributed by atoms with E-state index in [0.29, 0.717) is 6.42 Å². The van der Waals surface area contributed by atoms with Gasteiger partial charge in [-0.2, -0.15) is 0 Å². The molecule has 18 heavy (non-hydrogen) atoms. The first-order valence-corrected chi connectivity index (χ1v) is 6.82. The van der Waals surface area contributed by atoms with Gasteiger partial charge in [-0.1, -0.05) is 6.92 Å². The normalized spacial score (nSPS) is 24.3. The Morgan fingerprint density at radius 1 is 1.61 bits per heavy atom. The van der Waals surface area contributed by atoms with E-state index < -0.39 is 0 Å². The molecule has 2 amide bonds. The summed E-state index contributed by atoms with van der Waals surface area (Å²) in [5.74, 6) is 0. The van der Waals surface area contributed by atoms with E-state index in [-0.39, 0.29) is 30.3 Å². The van der Waals surface area contributed by atoms with Crippen molar-refractivity contribution in [3.63, 3.8) is 0 Å². The minimum Gasteiger partial charge on any atom is -0.396 e. The molecule has 1 aliphatic rings. The Morgan fingerprint density at radius 3 is 2.83 bits per heavy atom. The Kier molecular flexibility index (Phi) is 5.88. The Balaban J connectivity index is 2.39. The zero-order valence-corrected chi connectivity index (χ0v) is 11.7. The molecule has 1 aliphatic heterocycles. The van der Waals surface area contributed by atoms with E-state index in [1.165, 1.54) is 0 Å². The molecule has 1 fully saturated rings. The van der Waals surface area contributed by atoms with E-state index in [1.807, 2.05) is 20.8 Å². The number of hydrogen-bond donors (Lipinski definition) is 3. The van der Waals surface area contributed by atoms with Crippen molar-refractivity contribution in [2.75, 3.05) is 13.2 Å². The fraction of sp³-hybridized carbons (Fsp3) is 0.923. The minimum absolute atomic E-state index is 0.0164. The highest BCUT2D eigenvalue weighted by Gasteiger charge is 2.27. The van der Waals surface area contributed by atoms with Crippen molar-refractivity contribution in [3.8, 4) is 0 Å². The number of nitrogens with one attached hydrogen (secondary N) is 2. The second-order valence-electron chi connectivity index (χ2n) is 5.33. The van der Waals surface area contributed by atoms with Crippen molar-refractivity contribution in [2.24, 2.45) is 0 Å². The van der Waals surface area contributed by atoms with Gasteiger partial charge in [-0.25, -0.2) is 4.79 Å². The molecular formula is C13H26N2O3.